The number of carbonyl (C=O) groups excluding carboxylic acids is 1. The van der Waals surface area contributed by atoms with Gasteiger partial charge in [0.05, 0.1) is 23.1 Å². The molecule has 1 aromatic heterocycles. The van der Waals surface area contributed by atoms with Crippen molar-refractivity contribution in [2.45, 2.75) is 6.18 Å². The SMILES string of the molecule is Nc1cnccc1NC(=O)Nc1ccc(C(F)(F)F)cc1. The van der Waals surface area contributed by atoms with Crippen molar-refractivity contribution in [2.24, 2.45) is 0 Å². The largest absolute Gasteiger partial charge is 0.416 e. The quantitative estimate of drug-likeness (QED) is 0.795. The van der Waals surface area contributed by atoms with E-state index in [-0.39, 0.29) is 11.4 Å². The minimum atomic E-state index is -4.41. The first kappa shape index (κ1) is 14.6. The van der Waals surface area contributed by atoms with Crippen molar-refractivity contribution in [1.29, 1.82) is 0 Å². The molecule has 0 unspecified atom stereocenters. The van der Waals surface area contributed by atoms with E-state index in [9.17, 15) is 18.0 Å². The van der Waals surface area contributed by atoms with Crippen LogP contribution in [0.4, 0.5) is 35.0 Å². The minimum Gasteiger partial charge on any atom is -0.396 e. The van der Waals surface area contributed by atoms with E-state index in [0.29, 0.717) is 5.69 Å². The van der Waals surface area contributed by atoms with Crippen molar-refractivity contribution in [1.82, 2.24) is 4.98 Å². The maximum Gasteiger partial charge on any atom is 0.416 e. The number of nitrogens with two attached hydrogens (primary N) is 1. The van der Waals surface area contributed by atoms with E-state index in [0.717, 1.165) is 24.3 Å². The van der Waals surface area contributed by atoms with Gasteiger partial charge in [0.15, 0.2) is 0 Å². The van der Waals surface area contributed by atoms with E-state index in [2.05, 4.69) is 15.6 Å². The monoisotopic (exact) mass is 296 g/mol. The number of anilines is 3. The summed E-state index contributed by atoms with van der Waals surface area (Å²) in [7, 11) is 0. The molecular weight excluding hydrogens is 285 g/mol. The van der Waals surface area contributed by atoms with Crippen molar-refractivity contribution >= 4 is 23.1 Å². The Morgan fingerprint density at radius 3 is 2.33 bits per heavy atom. The van der Waals surface area contributed by atoms with Crippen LogP contribution < -0.4 is 16.4 Å². The van der Waals surface area contributed by atoms with Gasteiger partial charge < -0.3 is 16.4 Å². The van der Waals surface area contributed by atoms with Gasteiger partial charge in [0.25, 0.3) is 0 Å². The van der Waals surface area contributed by atoms with Crippen LogP contribution in [-0.2, 0) is 6.18 Å². The van der Waals surface area contributed by atoms with Crippen LogP contribution in [0.5, 0.6) is 0 Å². The third kappa shape index (κ3) is 3.85. The number of rotatable bonds is 2. The zero-order valence-corrected chi connectivity index (χ0v) is 10.6. The number of amides is 2. The number of pyridine rings is 1. The number of benzene rings is 1. The van der Waals surface area contributed by atoms with Gasteiger partial charge in [0.2, 0.25) is 0 Å². The number of nitrogen functional groups attached to an aromatic ring is 1. The molecule has 21 heavy (non-hydrogen) atoms. The van der Waals surface area contributed by atoms with Gasteiger partial charge >= 0.3 is 12.2 Å². The van der Waals surface area contributed by atoms with E-state index < -0.39 is 17.8 Å². The van der Waals surface area contributed by atoms with Crippen LogP contribution in [0.15, 0.2) is 42.7 Å². The lowest BCUT2D eigenvalue weighted by Crippen LogP contribution is -2.20. The second-order valence-electron chi connectivity index (χ2n) is 4.12. The molecule has 0 spiro atoms. The van der Waals surface area contributed by atoms with Crippen LogP contribution >= 0.6 is 0 Å². The Morgan fingerprint density at radius 2 is 1.76 bits per heavy atom. The molecule has 8 heteroatoms. The average molecular weight is 296 g/mol. The number of nitrogens with zero attached hydrogens (tertiary/aromatic N) is 1. The van der Waals surface area contributed by atoms with E-state index in [4.69, 9.17) is 5.73 Å². The maximum absolute atomic E-state index is 12.4. The van der Waals surface area contributed by atoms with Crippen LogP contribution in [0.1, 0.15) is 5.56 Å². The molecule has 0 bridgehead atoms. The number of hydrogen-bond donors (Lipinski definition) is 3. The fourth-order valence-corrected chi connectivity index (χ4v) is 1.55. The van der Waals surface area contributed by atoms with Gasteiger partial charge in [-0.3, -0.25) is 4.98 Å². The van der Waals surface area contributed by atoms with E-state index in [1.807, 2.05) is 0 Å². The summed E-state index contributed by atoms with van der Waals surface area (Å²) >= 11 is 0. The fourth-order valence-electron chi connectivity index (χ4n) is 1.55. The topological polar surface area (TPSA) is 80.0 Å². The molecule has 2 aromatic rings. The van der Waals surface area contributed by atoms with E-state index in [1.54, 1.807) is 0 Å². The Balaban J connectivity index is 2.02. The lowest BCUT2D eigenvalue weighted by Gasteiger charge is -2.10. The van der Waals surface area contributed by atoms with E-state index >= 15 is 0 Å². The molecule has 0 fully saturated rings. The van der Waals surface area contributed by atoms with Gasteiger partial charge in [-0.15, -0.1) is 0 Å². The van der Waals surface area contributed by atoms with Gasteiger partial charge in [0.1, 0.15) is 0 Å². The number of halogens is 3. The summed E-state index contributed by atoms with van der Waals surface area (Å²) in [5.41, 5.74) is 5.68. The Kier molecular flexibility index (Phi) is 3.97. The van der Waals surface area contributed by atoms with Gasteiger partial charge in [-0.25, -0.2) is 4.79 Å². The Hall–Kier alpha value is -2.77. The number of alkyl halides is 3. The lowest BCUT2D eigenvalue weighted by molar-refractivity contribution is -0.137. The zero-order chi connectivity index (χ0) is 15.5. The minimum absolute atomic E-state index is 0.230. The van der Waals surface area contributed by atoms with Crippen LogP contribution in [-0.4, -0.2) is 11.0 Å². The van der Waals surface area contributed by atoms with Gasteiger partial charge in [-0.2, -0.15) is 13.2 Å². The summed E-state index contributed by atoms with van der Waals surface area (Å²) in [5, 5.41) is 4.87. The molecule has 5 nitrogen and oxygen atoms in total. The molecule has 110 valence electrons. The molecule has 0 atom stereocenters. The summed E-state index contributed by atoms with van der Waals surface area (Å²) in [6.45, 7) is 0. The number of carbonyl (C=O) groups is 1. The van der Waals surface area contributed by atoms with Gasteiger partial charge in [-0.1, -0.05) is 0 Å². The zero-order valence-electron chi connectivity index (χ0n) is 10.6. The summed E-state index contributed by atoms with van der Waals surface area (Å²) in [4.78, 5) is 15.5. The second kappa shape index (κ2) is 5.70. The molecule has 0 saturated heterocycles. The standard InChI is InChI=1S/C13H11F3N4O/c14-13(15,16)8-1-3-9(4-2-8)19-12(21)20-11-5-6-18-7-10(11)17/h1-7H,17H2,(H2,18,19,20,21). The van der Waals surface area contributed by atoms with Crippen molar-refractivity contribution < 1.29 is 18.0 Å². The summed E-state index contributed by atoms with van der Waals surface area (Å²) < 4.78 is 37.2. The highest BCUT2D eigenvalue weighted by Crippen LogP contribution is 2.29. The second-order valence-corrected chi connectivity index (χ2v) is 4.12. The third-order valence-electron chi connectivity index (χ3n) is 2.57. The molecule has 2 amide bonds. The molecular formula is C13H11F3N4O. The third-order valence-corrected chi connectivity index (χ3v) is 2.57. The first-order valence-electron chi connectivity index (χ1n) is 5.81. The molecule has 0 saturated carbocycles. The predicted octanol–water partition coefficient (Wildman–Crippen LogP) is 3.33. The maximum atomic E-state index is 12.4. The Labute approximate surface area is 118 Å². The number of hydrogen-bond acceptors (Lipinski definition) is 3. The molecule has 0 radical (unpaired) electrons. The van der Waals surface area contributed by atoms with Gasteiger partial charge in [0, 0.05) is 11.9 Å². The first-order valence-corrected chi connectivity index (χ1v) is 5.81. The molecule has 1 heterocycles. The van der Waals surface area contributed by atoms with Crippen molar-refractivity contribution in [3.8, 4) is 0 Å². The van der Waals surface area contributed by atoms with Crippen LogP contribution in [0.25, 0.3) is 0 Å². The summed E-state index contributed by atoms with van der Waals surface area (Å²) in [5.74, 6) is 0. The van der Waals surface area contributed by atoms with Crippen molar-refractivity contribution in [3.63, 3.8) is 0 Å². The smallest absolute Gasteiger partial charge is 0.396 e. The summed E-state index contributed by atoms with van der Waals surface area (Å²) in [6.07, 6.45) is -1.59. The van der Waals surface area contributed by atoms with Crippen molar-refractivity contribution in [3.05, 3.63) is 48.3 Å². The molecule has 1 aromatic carbocycles. The van der Waals surface area contributed by atoms with Gasteiger partial charge in [-0.05, 0) is 30.3 Å². The lowest BCUT2D eigenvalue weighted by atomic mass is 10.2. The van der Waals surface area contributed by atoms with E-state index in [1.165, 1.54) is 18.5 Å². The molecule has 2 rings (SSSR count). The molecule has 4 N–H and O–H groups in total. The number of aromatic nitrogens is 1. The highest BCUT2D eigenvalue weighted by atomic mass is 19.4. The molecule has 0 aliphatic carbocycles. The molecule has 0 aliphatic rings. The summed E-state index contributed by atoms with van der Waals surface area (Å²) in [6, 6.07) is 4.98. The highest BCUT2D eigenvalue weighted by molar-refractivity contribution is 6.01. The molecule has 0 aliphatic heterocycles. The predicted molar refractivity (Wildman–Crippen MR) is 72.7 cm³/mol. The normalized spacial score (nSPS) is 11.0. The van der Waals surface area contributed by atoms with Crippen LogP contribution in [0.3, 0.4) is 0 Å². The Morgan fingerprint density at radius 1 is 1.10 bits per heavy atom. The fraction of sp³-hybridized carbons (Fsp3) is 0.0769. The van der Waals surface area contributed by atoms with Crippen LogP contribution in [0.2, 0.25) is 0 Å². The van der Waals surface area contributed by atoms with Crippen LogP contribution in [0, 0.1) is 0 Å². The highest BCUT2D eigenvalue weighted by Gasteiger charge is 2.29. The average Bonchev–Trinajstić information content (AvgIpc) is 2.41. The Bertz CT molecular complexity index is 641. The number of nitrogens with one attached hydrogen (secondary N) is 2. The van der Waals surface area contributed by atoms with Crippen molar-refractivity contribution in [2.75, 3.05) is 16.4 Å². The first-order chi connectivity index (χ1) is 9.86. The number of urea groups is 1.